The van der Waals surface area contributed by atoms with Gasteiger partial charge < -0.3 is 4.74 Å². The van der Waals surface area contributed by atoms with Gasteiger partial charge in [-0.25, -0.2) is 0 Å². The molecule has 1 aliphatic heterocycles. The zero-order valence-electron chi connectivity index (χ0n) is 10.6. The van der Waals surface area contributed by atoms with E-state index in [1.54, 1.807) is 0 Å². The average Bonchev–Trinajstić information content (AvgIpc) is 2.39. The van der Waals surface area contributed by atoms with Crippen molar-refractivity contribution < 1.29 is 9.53 Å². The van der Waals surface area contributed by atoms with Crippen LogP contribution in [-0.2, 0) is 4.74 Å². The summed E-state index contributed by atoms with van der Waals surface area (Å²) in [5.74, 6) is 0.644. The fraction of sp³-hybridized carbons (Fsp3) is 0.533. The van der Waals surface area contributed by atoms with Crippen molar-refractivity contribution in [1.29, 1.82) is 0 Å². The van der Waals surface area contributed by atoms with Gasteiger partial charge in [0.05, 0.1) is 0 Å². The molecule has 17 heavy (non-hydrogen) atoms. The SMILES string of the molecule is CC(C)c1ccc(C(=O)C2CCCCO2)cc1. The molecule has 1 atom stereocenters. The van der Waals surface area contributed by atoms with Crippen molar-refractivity contribution in [2.45, 2.75) is 45.1 Å². The maximum atomic E-state index is 12.2. The number of ether oxygens (including phenoxy) is 1. The van der Waals surface area contributed by atoms with Crippen molar-refractivity contribution in [2.75, 3.05) is 6.61 Å². The van der Waals surface area contributed by atoms with Crippen LogP contribution in [-0.4, -0.2) is 18.5 Å². The van der Waals surface area contributed by atoms with Crippen LogP contribution in [0.1, 0.15) is 54.9 Å². The molecule has 1 heterocycles. The lowest BCUT2D eigenvalue weighted by molar-refractivity contribution is 0.0186. The molecule has 0 N–H and O–H groups in total. The highest BCUT2D eigenvalue weighted by Crippen LogP contribution is 2.19. The van der Waals surface area contributed by atoms with Crippen LogP contribution in [0.5, 0.6) is 0 Å². The van der Waals surface area contributed by atoms with Gasteiger partial charge in [0, 0.05) is 12.2 Å². The number of carbonyl (C=O) groups is 1. The summed E-state index contributed by atoms with van der Waals surface area (Å²) in [5.41, 5.74) is 2.05. The van der Waals surface area contributed by atoms with Crippen LogP contribution in [0, 0.1) is 0 Å². The van der Waals surface area contributed by atoms with Gasteiger partial charge in [0.15, 0.2) is 5.78 Å². The van der Waals surface area contributed by atoms with Gasteiger partial charge in [0.1, 0.15) is 6.10 Å². The Kier molecular flexibility index (Phi) is 3.95. The summed E-state index contributed by atoms with van der Waals surface area (Å²) in [6.07, 6.45) is 2.83. The van der Waals surface area contributed by atoms with E-state index in [0.717, 1.165) is 31.4 Å². The maximum absolute atomic E-state index is 12.2. The topological polar surface area (TPSA) is 26.3 Å². The summed E-state index contributed by atoms with van der Waals surface area (Å²) in [5, 5.41) is 0. The van der Waals surface area contributed by atoms with Crippen molar-refractivity contribution in [2.24, 2.45) is 0 Å². The molecule has 1 aromatic carbocycles. The van der Waals surface area contributed by atoms with Crippen LogP contribution in [0.3, 0.4) is 0 Å². The van der Waals surface area contributed by atoms with E-state index in [0.29, 0.717) is 5.92 Å². The van der Waals surface area contributed by atoms with Gasteiger partial charge in [-0.15, -0.1) is 0 Å². The molecule has 92 valence electrons. The Morgan fingerprint density at radius 3 is 2.47 bits per heavy atom. The second-order valence-electron chi connectivity index (χ2n) is 5.00. The molecular weight excluding hydrogens is 212 g/mol. The van der Waals surface area contributed by atoms with E-state index < -0.39 is 0 Å². The number of benzene rings is 1. The highest BCUT2D eigenvalue weighted by atomic mass is 16.5. The first-order valence-corrected chi connectivity index (χ1v) is 6.44. The minimum Gasteiger partial charge on any atom is -0.370 e. The largest absolute Gasteiger partial charge is 0.370 e. The zero-order valence-corrected chi connectivity index (χ0v) is 10.6. The number of carbonyl (C=O) groups excluding carboxylic acids is 1. The van der Waals surface area contributed by atoms with E-state index in [9.17, 15) is 4.79 Å². The first-order chi connectivity index (χ1) is 8.18. The van der Waals surface area contributed by atoms with E-state index in [1.807, 2.05) is 24.3 Å². The third-order valence-corrected chi connectivity index (χ3v) is 3.33. The van der Waals surface area contributed by atoms with Crippen molar-refractivity contribution in [3.05, 3.63) is 35.4 Å². The van der Waals surface area contributed by atoms with E-state index in [4.69, 9.17) is 4.74 Å². The fourth-order valence-electron chi connectivity index (χ4n) is 2.17. The molecule has 0 bridgehead atoms. The molecule has 1 aromatic rings. The van der Waals surface area contributed by atoms with E-state index in [-0.39, 0.29) is 11.9 Å². The number of Topliss-reactive ketones (excluding diaryl/α,β-unsaturated/α-hetero) is 1. The first kappa shape index (κ1) is 12.3. The lowest BCUT2D eigenvalue weighted by Gasteiger charge is -2.21. The molecule has 1 aliphatic rings. The summed E-state index contributed by atoms with van der Waals surface area (Å²) in [4.78, 5) is 12.2. The lowest BCUT2D eigenvalue weighted by Crippen LogP contribution is -2.28. The van der Waals surface area contributed by atoms with Gasteiger partial charge in [-0.3, -0.25) is 4.79 Å². The Balaban J connectivity index is 2.08. The predicted octanol–water partition coefficient (Wildman–Crippen LogP) is 3.56. The second-order valence-corrected chi connectivity index (χ2v) is 5.00. The summed E-state index contributed by atoms with van der Waals surface area (Å²) in [6, 6.07) is 7.94. The van der Waals surface area contributed by atoms with Crippen LogP contribution in [0.25, 0.3) is 0 Å². The van der Waals surface area contributed by atoms with Crippen molar-refractivity contribution in [3.63, 3.8) is 0 Å². The number of ketones is 1. The standard InChI is InChI=1S/C15H20O2/c1-11(2)12-6-8-13(9-7-12)15(16)14-5-3-4-10-17-14/h6-9,11,14H,3-5,10H2,1-2H3. The van der Waals surface area contributed by atoms with Gasteiger partial charge in [-0.1, -0.05) is 38.1 Å². The zero-order chi connectivity index (χ0) is 12.3. The van der Waals surface area contributed by atoms with Crippen molar-refractivity contribution in [1.82, 2.24) is 0 Å². The maximum Gasteiger partial charge on any atom is 0.191 e. The summed E-state index contributed by atoms with van der Waals surface area (Å²) in [7, 11) is 0. The molecular formula is C15H20O2. The molecule has 0 amide bonds. The Morgan fingerprint density at radius 2 is 1.94 bits per heavy atom. The first-order valence-electron chi connectivity index (χ1n) is 6.44. The minimum atomic E-state index is -0.214. The molecule has 2 rings (SSSR count). The van der Waals surface area contributed by atoms with Gasteiger partial charge >= 0.3 is 0 Å². The normalized spacial score (nSPS) is 20.5. The van der Waals surface area contributed by atoms with Gasteiger partial charge in [0.25, 0.3) is 0 Å². The molecule has 2 nitrogen and oxygen atoms in total. The van der Waals surface area contributed by atoms with Crippen LogP contribution in [0.15, 0.2) is 24.3 Å². The molecule has 0 aliphatic carbocycles. The fourth-order valence-corrected chi connectivity index (χ4v) is 2.17. The summed E-state index contributed by atoms with van der Waals surface area (Å²) in [6.45, 7) is 5.03. The average molecular weight is 232 g/mol. The van der Waals surface area contributed by atoms with Crippen molar-refractivity contribution in [3.8, 4) is 0 Å². The van der Waals surface area contributed by atoms with Crippen LogP contribution in [0.2, 0.25) is 0 Å². The van der Waals surface area contributed by atoms with Crippen LogP contribution in [0.4, 0.5) is 0 Å². The van der Waals surface area contributed by atoms with Gasteiger partial charge in [0.2, 0.25) is 0 Å². The number of hydrogen-bond donors (Lipinski definition) is 0. The van der Waals surface area contributed by atoms with Gasteiger partial charge in [-0.2, -0.15) is 0 Å². The van der Waals surface area contributed by atoms with Crippen LogP contribution < -0.4 is 0 Å². The van der Waals surface area contributed by atoms with Gasteiger partial charge in [-0.05, 0) is 30.7 Å². The van der Waals surface area contributed by atoms with E-state index in [2.05, 4.69) is 13.8 Å². The molecule has 0 spiro atoms. The molecule has 1 unspecified atom stereocenters. The predicted molar refractivity (Wildman–Crippen MR) is 68.5 cm³/mol. The van der Waals surface area contributed by atoms with Crippen molar-refractivity contribution >= 4 is 5.78 Å². The molecule has 1 fully saturated rings. The highest BCUT2D eigenvalue weighted by molar-refractivity contribution is 5.99. The smallest absolute Gasteiger partial charge is 0.191 e. The minimum absolute atomic E-state index is 0.139. The Bertz CT molecular complexity index is 372. The summed E-state index contributed by atoms with van der Waals surface area (Å²) >= 11 is 0. The van der Waals surface area contributed by atoms with E-state index in [1.165, 1.54) is 5.56 Å². The van der Waals surface area contributed by atoms with Crippen LogP contribution >= 0.6 is 0 Å². The molecule has 1 saturated heterocycles. The Morgan fingerprint density at radius 1 is 1.24 bits per heavy atom. The third-order valence-electron chi connectivity index (χ3n) is 3.33. The molecule has 0 aromatic heterocycles. The molecule has 2 heteroatoms. The number of hydrogen-bond acceptors (Lipinski definition) is 2. The second kappa shape index (κ2) is 5.46. The lowest BCUT2D eigenvalue weighted by atomic mass is 9.96. The number of rotatable bonds is 3. The third kappa shape index (κ3) is 2.95. The monoisotopic (exact) mass is 232 g/mol. The van der Waals surface area contributed by atoms with E-state index >= 15 is 0 Å². The Hall–Kier alpha value is -1.15. The quantitative estimate of drug-likeness (QED) is 0.745. The Labute approximate surface area is 103 Å². The highest BCUT2D eigenvalue weighted by Gasteiger charge is 2.22. The summed E-state index contributed by atoms with van der Waals surface area (Å²) < 4.78 is 5.52. The molecule has 0 saturated carbocycles. The molecule has 0 radical (unpaired) electrons.